The van der Waals surface area contributed by atoms with Gasteiger partial charge in [0.1, 0.15) is 5.75 Å². The van der Waals surface area contributed by atoms with Crippen molar-refractivity contribution >= 4 is 17.4 Å². The molecular weight excluding hydrogens is 338 g/mol. The third kappa shape index (κ3) is 3.87. The van der Waals surface area contributed by atoms with Gasteiger partial charge in [-0.1, -0.05) is 35.9 Å². The van der Waals surface area contributed by atoms with Gasteiger partial charge in [-0.05, 0) is 37.1 Å². The molecule has 3 rings (SSSR count). The lowest BCUT2D eigenvalue weighted by Gasteiger charge is -2.32. The number of ketones is 1. The zero-order chi connectivity index (χ0) is 18.0. The predicted octanol–water partition coefficient (Wildman–Crippen LogP) is 4.31. The standard InChI is InChI=1S/C20H22ClNO3/c1-13(22-7-9-25-10-8-22)15-3-5-16(6-4-15)19-12-17(21)11-18(14(2)23)20(19)24/h3-6,11-13,24H,7-10H2,1-2H3/t13-/m1/s1. The molecule has 1 aliphatic rings. The number of aromatic hydroxyl groups is 1. The van der Waals surface area contributed by atoms with Gasteiger partial charge in [0.2, 0.25) is 0 Å². The average molecular weight is 360 g/mol. The molecule has 1 N–H and O–H groups in total. The number of halogens is 1. The Morgan fingerprint density at radius 1 is 1.20 bits per heavy atom. The predicted molar refractivity (Wildman–Crippen MR) is 99.4 cm³/mol. The van der Waals surface area contributed by atoms with Crippen LogP contribution in [0, 0.1) is 0 Å². The number of phenolic OH excluding ortho intramolecular Hbond substituents is 1. The number of Topliss-reactive ketones (excluding diaryl/α,β-unsaturated/α-hetero) is 1. The van der Waals surface area contributed by atoms with E-state index in [0.717, 1.165) is 31.9 Å². The fraction of sp³-hybridized carbons (Fsp3) is 0.350. The molecule has 0 aromatic heterocycles. The molecule has 4 nitrogen and oxygen atoms in total. The Kier molecular flexibility index (Phi) is 5.42. The van der Waals surface area contributed by atoms with Gasteiger partial charge in [0, 0.05) is 29.7 Å². The molecule has 0 radical (unpaired) electrons. The Morgan fingerprint density at radius 2 is 1.84 bits per heavy atom. The second-order valence-corrected chi connectivity index (χ2v) is 6.79. The van der Waals surface area contributed by atoms with Crippen LogP contribution in [0.1, 0.15) is 35.8 Å². The van der Waals surface area contributed by atoms with Gasteiger partial charge < -0.3 is 9.84 Å². The molecule has 25 heavy (non-hydrogen) atoms. The smallest absolute Gasteiger partial charge is 0.163 e. The molecule has 2 aromatic carbocycles. The van der Waals surface area contributed by atoms with Crippen molar-refractivity contribution < 1.29 is 14.6 Å². The number of benzene rings is 2. The van der Waals surface area contributed by atoms with Crippen LogP contribution in [0.25, 0.3) is 11.1 Å². The van der Waals surface area contributed by atoms with Gasteiger partial charge in [0.15, 0.2) is 5.78 Å². The lowest BCUT2D eigenvalue weighted by atomic mass is 9.97. The minimum atomic E-state index is -0.209. The normalized spacial score (nSPS) is 16.6. The van der Waals surface area contributed by atoms with Crippen LogP contribution >= 0.6 is 11.6 Å². The van der Waals surface area contributed by atoms with E-state index in [2.05, 4.69) is 24.0 Å². The summed E-state index contributed by atoms with van der Waals surface area (Å²) in [4.78, 5) is 14.1. The van der Waals surface area contributed by atoms with Crippen molar-refractivity contribution in [3.8, 4) is 16.9 Å². The average Bonchev–Trinajstić information content (AvgIpc) is 2.63. The zero-order valence-electron chi connectivity index (χ0n) is 14.5. The van der Waals surface area contributed by atoms with E-state index in [1.165, 1.54) is 18.6 Å². The van der Waals surface area contributed by atoms with Crippen LogP contribution in [0.3, 0.4) is 0 Å². The van der Waals surface area contributed by atoms with Gasteiger partial charge in [-0.25, -0.2) is 0 Å². The summed E-state index contributed by atoms with van der Waals surface area (Å²) in [7, 11) is 0. The van der Waals surface area contributed by atoms with Crippen molar-refractivity contribution in [2.75, 3.05) is 26.3 Å². The summed E-state index contributed by atoms with van der Waals surface area (Å²) in [5.41, 5.74) is 2.86. The summed E-state index contributed by atoms with van der Waals surface area (Å²) in [5.74, 6) is -0.232. The van der Waals surface area contributed by atoms with Crippen LogP contribution in [0.15, 0.2) is 36.4 Å². The summed E-state index contributed by atoms with van der Waals surface area (Å²) in [6, 6.07) is 11.5. The van der Waals surface area contributed by atoms with E-state index in [9.17, 15) is 9.90 Å². The number of ether oxygens (including phenoxy) is 1. The van der Waals surface area contributed by atoms with Crippen LogP contribution in [0.5, 0.6) is 5.75 Å². The molecule has 0 bridgehead atoms. The Morgan fingerprint density at radius 3 is 2.44 bits per heavy atom. The van der Waals surface area contributed by atoms with Crippen LogP contribution in [0.4, 0.5) is 0 Å². The number of morpholine rings is 1. The van der Waals surface area contributed by atoms with Gasteiger partial charge >= 0.3 is 0 Å². The van der Waals surface area contributed by atoms with Crippen LogP contribution < -0.4 is 0 Å². The molecule has 132 valence electrons. The van der Waals surface area contributed by atoms with Gasteiger partial charge in [-0.2, -0.15) is 0 Å². The monoisotopic (exact) mass is 359 g/mol. The summed E-state index contributed by atoms with van der Waals surface area (Å²) in [6.45, 7) is 7.01. The molecule has 0 spiro atoms. The summed E-state index contributed by atoms with van der Waals surface area (Å²) in [5, 5.41) is 10.9. The van der Waals surface area contributed by atoms with E-state index in [1.54, 1.807) is 6.07 Å². The largest absolute Gasteiger partial charge is 0.507 e. The number of carbonyl (C=O) groups excluding carboxylic acids is 1. The summed E-state index contributed by atoms with van der Waals surface area (Å²) in [6.07, 6.45) is 0. The molecule has 1 fully saturated rings. The maximum Gasteiger partial charge on any atom is 0.163 e. The van der Waals surface area contributed by atoms with Crippen LogP contribution in [-0.2, 0) is 4.74 Å². The number of hydrogen-bond acceptors (Lipinski definition) is 4. The van der Waals surface area contributed by atoms with Crippen molar-refractivity contribution in [3.63, 3.8) is 0 Å². The third-order valence-corrected chi connectivity index (χ3v) is 4.97. The molecule has 0 unspecified atom stereocenters. The Balaban J connectivity index is 1.89. The summed E-state index contributed by atoms with van der Waals surface area (Å²) < 4.78 is 5.41. The molecule has 1 aliphatic heterocycles. The van der Waals surface area contributed by atoms with Gasteiger partial charge in [0.25, 0.3) is 0 Å². The highest BCUT2D eigenvalue weighted by atomic mass is 35.5. The van der Waals surface area contributed by atoms with Crippen molar-refractivity contribution in [3.05, 3.63) is 52.5 Å². The lowest BCUT2D eigenvalue weighted by molar-refractivity contribution is 0.0198. The Bertz CT molecular complexity index is 767. The Labute approximate surface area is 153 Å². The number of hydrogen-bond donors (Lipinski definition) is 1. The Hall–Kier alpha value is -1.88. The molecule has 2 aromatic rings. The van der Waals surface area contributed by atoms with E-state index >= 15 is 0 Å². The molecule has 0 saturated carbocycles. The maximum atomic E-state index is 11.7. The SMILES string of the molecule is CC(=O)c1cc(Cl)cc(-c2ccc([C@@H](C)N3CCOCC3)cc2)c1O. The molecule has 0 aliphatic carbocycles. The molecule has 1 saturated heterocycles. The molecule has 1 atom stereocenters. The second kappa shape index (κ2) is 7.56. The zero-order valence-corrected chi connectivity index (χ0v) is 15.2. The minimum Gasteiger partial charge on any atom is -0.507 e. The lowest BCUT2D eigenvalue weighted by Crippen LogP contribution is -2.37. The van der Waals surface area contributed by atoms with Crippen molar-refractivity contribution in [2.45, 2.75) is 19.9 Å². The van der Waals surface area contributed by atoms with E-state index in [-0.39, 0.29) is 17.1 Å². The number of rotatable bonds is 4. The molecule has 1 heterocycles. The topological polar surface area (TPSA) is 49.8 Å². The first-order valence-electron chi connectivity index (χ1n) is 8.43. The third-order valence-electron chi connectivity index (χ3n) is 4.75. The van der Waals surface area contributed by atoms with Crippen molar-refractivity contribution in [1.29, 1.82) is 0 Å². The highest BCUT2D eigenvalue weighted by molar-refractivity contribution is 6.31. The first-order chi connectivity index (χ1) is 12.0. The molecule has 5 heteroatoms. The van der Waals surface area contributed by atoms with Gasteiger partial charge in [-0.15, -0.1) is 0 Å². The van der Waals surface area contributed by atoms with E-state index in [4.69, 9.17) is 16.3 Å². The summed E-state index contributed by atoms with van der Waals surface area (Å²) >= 11 is 6.12. The van der Waals surface area contributed by atoms with E-state index < -0.39 is 0 Å². The molecule has 0 amide bonds. The fourth-order valence-corrected chi connectivity index (χ4v) is 3.42. The van der Waals surface area contributed by atoms with Gasteiger partial charge in [0.05, 0.1) is 18.8 Å². The second-order valence-electron chi connectivity index (χ2n) is 6.35. The van der Waals surface area contributed by atoms with Crippen molar-refractivity contribution in [1.82, 2.24) is 4.90 Å². The first-order valence-corrected chi connectivity index (χ1v) is 8.80. The quantitative estimate of drug-likeness (QED) is 0.826. The minimum absolute atomic E-state index is 0.0223. The molecular formula is C20H22ClNO3. The van der Waals surface area contributed by atoms with Crippen LogP contribution in [-0.4, -0.2) is 42.1 Å². The van der Waals surface area contributed by atoms with E-state index in [0.29, 0.717) is 16.6 Å². The van der Waals surface area contributed by atoms with Crippen LogP contribution in [0.2, 0.25) is 5.02 Å². The number of nitrogens with zero attached hydrogens (tertiary/aromatic N) is 1. The van der Waals surface area contributed by atoms with Gasteiger partial charge in [-0.3, -0.25) is 9.69 Å². The highest BCUT2D eigenvalue weighted by Crippen LogP contribution is 2.36. The first kappa shape index (κ1) is 17.9. The highest BCUT2D eigenvalue weighted by Gasteiger charge is 2.19. The number of phenols is 1. The van der Waals surface area contributed by atoms with E-state index in [1.807, 2.05) is 12.1 Å². The maximum absolute atomic E-state index is 11.7. The number of carbonyl (C=O) groups is 1. The van der Waals surface area contributed by atoms with Crippen molar-refractivity contribution in [2.24, 2.45) is 0 Å². The fourth-order valence-electron chi connectivity index (χ4n) is 3.20.